The van der Waals surface area contributed by atoms with Crippen LogP contribution in [0.15, 0.2) is 12.2 Å². The first-order chi connectivity index (χ1) is 16.0. The molecule has 0 rings (SSSR count). The minimum absolute atomic E-state index is 0. The molecule has 5 N–H and O–H groups in total. The average molecular weight is 487 g/mol. The van der Waals surface area contributed by atoms with Gasteiger partial charge >= 0.3 is 5.97 Å². The molecule has 0 heterocycles. The highest BCUT2D eigenvalue weighted by Gasteiger charge is 2.13. The number of carboxylic acids is 1. The van der Waals surface area contributed by atoms with Gasteiger partial charge in [0.15, 0.2) is 0 Å². The van der Waals surface area contributed by atoms with Gasteiger partial charge in [-0.15, -0.1) is 0 Å². The number of aliphatic hydroxyl groups is 1. The molecule has 0 radical (unpaired) electrons. The van der Waals surface area contributed by atoms with Crippen LogP contribution in [-0.4, -0.2) is 54.2 Å². The Balaban J connectivity index is 0. The van der Waals surface area contributed by atoms with Crippen molar-refractivity contribution < 1.29 is 29.3 Å². The maximum Gasteiger partial charge on any atom is 0.330 e. The van der Waals surface area contributed by atoms with Gasteiger partial charge in [-0.1, -0.05) is 96.8 Å². The second-order valence-corrected chi connectivity index (χ2v) is 8.62. The van der Waals surface area contributed by atoms with Crippen molar-refractivity contribution in [2.24, 2.45) is 0 Å². The number of esters is 1. The maximum atomic E-state index is 12.3. The van der Waals surface area contributed by atoms with Gasteiger partial charge in [-0.25, -0.2) is 4.79 Å². The third kappa shape index (κ3) is 23.2. The lowest BCUT2D eigenvalue weighted by Crippen LogP contribution is -2.36. The van der Waals surface area contributed by atoms with Gasteiger partial charge in [0.25, 0.3) is 0 Å². The van der Waals surface area contributed by atoms with Gasteiger partial charge in [0.1, 0.15) is 6.61 Å². The highest BCUT2D eigenvalue weighted by atomic mass is 16.5. The second-order valence-electron chi connectivity index (χ2n) is 8.62. The van der Waals surface area contributed by atoms with Crippen LogP contribution in [0.5, 0.6) is 0 Å². The Morgan fingerprint density at radius 2 is 1.24 bits per heavy atom. The Bertz CT molecular complexity index is 539. The lowest BCUT2D eigenvalue weighted by Gasteiger charge is -2.21. The van der Waals surface area contributed by atoms with Crippen LogP contribution < -0.4 is 11.3 Å². The molecule has 200 valence electrons. The predicted molar refractivity (Wildman–Crippen MR) is 134 cm³/mol. The van der Waals surface area contributed by atoms with Crippen molar-refractivity contribution in [1.82, 2.24) is 11.1 Å². The molecule has 34 heavy (non-hydrogen) atoms. The fourth-order valence-corrected chi connectivity index (χ4v) is 3.73. The van der Waals surface area contributed by atoms with Crippen LogP contribution in [0, 0.1) is 0 Å². The van der Waals surface area contributed by atoms with Crippen molar-refractivity contribution in [3.8, 4) is 0 Å². The van der Waals surface area contributed by atoms with Crippen molar-refractivity contribution in [3.63, 3.8) is 0 Å². The monoisotopic (exact) mass is 486 g/mol. The quantitative estimate of drug-likeness (QED) is 0.125. The minimum atomic E-state index is -1.48. The normalized spacial score (nSPS) is 10.8. The van der Waals surface area contributed by atoms with Crippen molar-refractivity contribution in [2.75, 3.05) is 26.3 Å². The van der Waals surface area contributed by atoms with Gasteiger partial charge in [-0.2, -0.15) is 0 Å². The molecule has 0 aromatic carbocycles. The number of aliphatic carboxylic acids is 1. The van der Waals surface area contributed by atoms with Gasteiger partial charge in [-0.3, -0.25) is 4.79 Å². The van der Waals surface area contributed by atoms with E-state index < -0.39 is 11.9 Å². The molecule has 0 aromatic rings. The summed E-state index contributed by atoms with van der Waals surface area (Å²) in [5.41, 5.74) is 0. The van der Waals surface area contributed by atoms with Crippen LogP contribution in [0.4, 0.5) is 0 Å². The molecule has 0 unspecified atom stereocenters. The van der Waals surface area contributed by atoms with E-state index in [1.54, 1.807) is 0 Å². The largest absolute Gasteiger partial charge is 0.545 e. The molecule has 8 nitrogen and oxygen atoms in total. The van der Waals surface area contributed by atoms with Crippen LogP contribution in [0.1, 0.15) is 110 Å². The molecule has 0 saturated carbocycles. The van der Waals surface area contributed by atoms with E-state index in [0.29, 0.717) is 12.5 Å². The van der Waals surface area contributed by atoms with Crippen molar-refractivity contribution in [1.29, 1.82) is 0 Å². The summed E-state index contributed by atoms with van der Waals surface area (Å²) >= 11 is 0. The maximum absolute atomic E-state index is 12.3. The zero-order valence-electron chi connectivity index (χ0n) is 21.7. The number of carbonyl (C=O) groups excluding carboxylic acids is 3. The number of aliphatic hydroxyl groups excluding tert-OH is 1. The zero-order valence-corrected chi connectivity index (χ0v) is 21.7. The standard InChI is InChI=1S/C26H47NO6.H3N/c1-2-3-4-5-6-7-8-9-10-11-12-13-14-15-16-17-24(29)27(20-22-28)21-23-33-26(32)19-18-25(30)31;/h18-19,28H,2-17,20-23H2,1H3,(H,30,31);1H3/b19-18-;. The summed E-state index contributed by atoms with van der Waals surface area (Å²) in [7, 11) is 0. The summed E-state index contributed by atoms with van der Waals surface area (Å²) in [5.74, 6) is -2.36. The zero-order chi connectivity index (χ0) is 24.6. The third-order valence-electron chi connectivity index (χ3n) is 5.68. The highest BCUT2D eigenvalue weighted by Crippen LogP contribution is 2.14. The summed E-state index contributed by atoms with van der Waals surface area (Å²) in [6.07, 6.45) is 20.8. The first-order valence-corrected chi connectivity index (χ1v) is 13.0. The van der Waals surface area contributed by atoms with E-state index >= 15 is 0 Å². The Labute approximate surface area is 206 Å². The molecule has 0 spiro atoms. The van der Waals surface area contributed by atoms with E-state index in [2.05, 4.69) is 6.92 Å². The van der Waals surface area contributed by atoms with Gasteiger partial charge in [0.2, 0.25) is 5.91 Å². The number of carboxylic acid groups (broad SMARTS) is 1. The summed E-state index contributed by atoms with van der Waals surface area (Å²) in [4.78, 5) is 35.4. The van der Waals surface area contributed by atoms with Crippen LogP contribution in [0.3, 0.4) is 0 Å². The number of carbonyl (C=O) groups is 3. The van der Waals surface area contributed by atoms with Crippen LogP contribution in [-0.2, 0) is 19.1 Å². The average Bonchev–Trinajstić information content (AvgIpc) is 2.79. The molecule has 0 aromatic heterocycles. The topological polar surface area (TPSA) is 143 Å². The number of unbranched alkanes of at least 4 members (excludes halogenated alkanes) is 14. The van der Waals surface area contributed by atoms with Crippen molar-refractivity contribution in [3.05, 3.63) is 12.2 Å². The first kappa shape index (κ1) is 34.2. The van der Waals surface area contributed by atoms with Crippen molar-refractivity contribution >= 4 is 17.8 Å². The summed E-state index contributed by atoms with van der Waals surface area (Å²) in [5, 5.41) is 19.4. The van der Waals surface area contributed by atoms with Crippen LogP contribution in [0.25, 0.3) is 0 Å². The molecule has 8 heteroatoms. The van der Waals surface area contributed by atoms with Gasteiger partial charge in [-0.05, 0) is 12.5 Å². The van der Waals surface area contributed by atoms with E-state index in [9.17, 15) is 19.5 Å². The highest BCUT2D eigenvalue weighted by molar-refractivity contribution is 5.89. The molecule has 0 aliphatic rings. The molecule has 1 amide bonds. The molecule has 0 bridgehead atoms. The lowest BCUT2D eigenvalue weighted by molar-refractivity contribution is -0.297. The third-order valence-corrected chi connectivity index (χ3v) is 5.68. The first-order valence-electron chi connectivity index (χ1n) is 13.0. The summed E-state index contributed by atoms with van der Waals surface area (Å²) in [6, 6.07) is 0. The van der Waals surface area contributed by atoms with E-state index in [-0.39, 0.29) is 38.4 Å². The molecular weight excluding hydrogens is 436 g/mol. The van der Waals surface area contributed by atoms with Crippen molar-refractivity contribution in [2.45, 2.75) is 110 Å². The molecule has 0 atom stereocenters. The number of ether oxygens (including phenoxy) is 1. The van der Waals surface area contributed by atoms with E-state index in [4.69, 9.17) is 9.84 Å². The Morgan fingerprint density at radius 1 is 0.765 bits per heavy atom. The number of rotatable bonds is 23. The Morgan fingerprint density at radius 3 is 1.68 bits per heavy atom. The SMILES string of the molecule is CCCCCCCCCCCCCCCCCC(=O)N(CCO)CCOC(=O)/C=C\C(=O)[O-].[NH4+]. The molecule has 0 aliphatic heterocycles. The predicted octanol–water partition coefficient (Wildman–Crippen LogP) is 4.29. The lowest BCUT2D eigenvalue weighted by atomic mass is 10.0. The minimum Gasteiger partial charge on any atom is -0.545 e. The fraction of sp³-hybridized carbons (Fsp3) is 0.808. The van der Waals surface area contributed by atoms with Gasteiger partial charge in [0, 0.05) is 19.0 Å². The molecule has 0 fully saturated rings. The number of quaternary nitrogens is 1. The molecular formula is C26H50N2O6. The van der Waals surface area contributed by atoms with E-state index in [1.807, 2.05) is 0 Å². The summed E-state index contributed by atoms with van der Waals surface area (Å²) < 4.78 is 4.86. The number of hydrogen-bond acceptors (Lipinski definition) is 6. The Kier molecular flexibility index (Phi) is 25.9. The number of hydrogen-bond donors (Lipinski definition) is 2. The molecule has 0 saturated heterocycles. The second kappa shape index (κ2) is 25.7. The smallest absolute Gasteiger partial charge is 0.330 e. The van der Waals surface area contributed by atoms with Crippen LogP contribution in [0.2, 0.25) is 0 Å². The van der Waals surface area contributed by atoms with Gasteiger partial charge in [0.05, 0.1) is 19.1 Å². The number of amides is 1. The Hall–Kier alpha value is -1.93. The van der Waals surface area contributed by atoms with E-state index in [0.717, 1.165) is 25.3 Å². The number of nitrogens with zero attached hydrogens (tertiary/aromatic N) is 1. The fourth-order valence-electron chi connectivity index (χ4n) is 3.73. The summed E-state index contributed by atoms with van der Waals surface area (Å²) in [6.45, 7) is 2.39. The van der Waals surface area contributed by atoms with Crippen LogP contribution >= 0.6 is 0 Å². The molecule has 0 aliphatic carbocycles. The van der Waals surface area contributed by atoms with E-state index in [1.165, 1.54) is 81.9 Å². The van der Waals surface area contributed by atoms with Gasteiger partial charge < -0.3 is 30.8 Å².